The predicted molar refractivity (Wildman–Crippen MR) is 228 cm³/mol. The van der Waals surface area contributed by atoms with Crippen LogP contribution in [0.2, 0.25) is 0 Å². The van der Waals surface area contributed by atoms with Gasteiger partial charge in [0.1, 0.15) is 12.1 Å². The van der Waals surface area contributed by atoms with Crippen molar-refractivity contribution >= 4 is 56.8 Å². The summed E-state index contributed by atoms with van der Waals surface area (Å²) >= 11 is 1.57. The van der Waals surface area contributed by atoms with Gasteiger partial charge in [0, 0.05) is 66.6 Å². The average molecular weight is 826 g/mol. The zero-order valence-electron chi connectivity index (χ0n) is 34.4. The number of fused-ring (bicyclic) bond motifs is 3. The fraction of sp³-hybridized carbons (Fsp3) is 0.455. The number of aromatic amines is 1. The summed E-state index contributed by atoms with van der Waals surface area (Å²) in [6, 6.07) is 13.9. The van der Waals surface area contributed by atoms with Crippen LogP contribution in [0, 0.1) is 12.3 Å². The van der Waals surface area contributed by atoms with Crippen LogP contribution in [-0.2, 0) is 35.1 Å². The number of likely N-dealkylation sites (tertiary alicyclic amines) is 1. The van der Waals surface area contributed by atoms with Crippen molar-refractivity contribution in [1.29, 1.82) is 0 Å². The summed E-state index contributed by atoms with van der Waals surface area (Å²) in [6.07, 6.45) is 3.84. The number of benzene rings is 2. The van der Waals surface area contributed by atoms with Gasteiger partial charge in [-0.05, 0) is 54.5 Å². The molecule has 15 heteroatoms. The summed E-state index contributed by atoms with van der Waals surface area (Å²) in [4.78, 5) is 67.4. The Hall–Kier alpha value is -5.22. The van der Waals surface area contributed by atoms with Gasteiger partial charge in [0.25, 0.3) is 0 Å². The lowest BCUT2D eigenvalue weighted by atomic mass is 9.85. The van der Waals surface area contributed by atoms with Crippen LogP contribution in [0.25, 0.3) is 32.2 Å². The minimum atomic E-state index is -0.935. The van der Waals surface area contributed by atoms with Gasteiger partial charge in [0.15, 0.2) is 0 Å². The number of aryl methyl sites for hydroxylation is 2. The molecule has 6 rings (SSSR count). The molecule has 0 spiro atoms. The highest BCUT2D eigenvalue weighted by atomic mass is 32.1. The molecule has 4 atom stereocenters. The van der Waals surface area contributed by atoms with E-state index in [4.69, 9.17) is 9.47 Å². The number of nitrogens with zero attached hydrogens (tertiary/aromatic N) is 3. The van der Waals surface area contributed by atoms with Gasteiger partial charge in [0.2, 0.25) is 23.6 Å². The van der Waals surface area contributed by atoms with Crippen molar-refractivity contribution in [3.8, 4) is 10.4 Å². The predicted octanol–water partition coefficient (Wildman–Crippen LogP) is 4.99. The number of ether oxygens (including phenoxy) is 2. The summed E-state index contributed by atoms with van der Waals surface area (Å²) in [6.45, 7) is 10.7. The number of carbonyl (C=O) groups is 4. The highest BCUT2D eigenvalue weighted by molar-refractivity contribution is 7.13. The highest BCUT2D eigenvalue weighted by Gasteiger charge is 2.44. The highest BCUT2D eigenvalue weighted by Crippen LogP contribution is 2.30. The van der Waals surface area contributed by atoms with Crippen molar-refractivity contribution in [2.75, 3.05) is 39.5 Å². The Bertz CT molecular complexity index is 2230. The maximum Gasteiger partial charge on any atom is 0.246 e. The number of nitrogens with one attached hydrogen (secondary N) is 4. The van der Waals surface area contributed by atoms with Crippen LogP contribution >= 0.6 is 11.3 Å². The Morgan fingerprint density at radius 3 is 2.44 bits per heavy atom. The van der Waals surface area contributed by atoms with Crippen molar-refractivity contribution in [3.05, 3.63) is 83.3 Å². The van der Waals surface area contributed by atoms with E-state index in [0.29, 0.717) is 26.0 Å². The summed E-state index contributed by atoms with van der Waals surface area (Å²) < 4.78 is 11.2. The molecule has 5 N–H and O–H groups in total. The first-order valence-corrected chi connectivity index (χ1v) is 21.0. The van der Waals surface area contributed by atoms with Gasteiger partial charge in [-0.25, -0.2) is 4.98 Å². The Balaban J connectivity index is 0.872. The number of hydrogen-bond donors (Lipinski definition) is 5. The SMILES string of the molecule is Cc1ncsc1-c1ccc(C(C)NC(=O)[C@@H]2C[C@@H](O)CN2C(=O)C(NC(=O)CCOCCOCCNC(=O)CCc2ccc3c(c2)[nH]c2ccncc23)C(C)(C)C)cc1. The second-order valence-electron chi connectivity index (χ2n) is 16.1. The number of amides is 4. The molecule has 5 aromatic rings. The van der Waals surface area contributed by atoms with Gasteiger partial charge in [-0.3, -0.25) is 24.2 Å². The van der Waals surface area contributed by atoms with E-state index in [-0.39, 0.29) is 63.0 Å². The van der Waals surface area contributed by atoms with Crippen LogP contribution < -0.4 is 16.0 Å². The number of β-amino-alcohol motifs (C(OH)–C–C–N with tert-alkyl or cyclic N) is 1. The lowest BCUT2D eigenvalue weighted by Gasteiger charge is -2.35. The molecule has 0 aliphatic carbocycles. The van der Waals surface area contributed by atoms with Gasteiger partial charge >= 0.3 is 0 Å². The molecule has 4 amide bonds. The smallest absolute Gasteiger partial charge is 0.246 e. The molecule has 14 nitrogen and oxygen atoms in total. The lowest BCUT2D eigenvalue weighted by molar-refractivity contribution is -0.144. The Kier molecular flexibility index (Phi) is 14.5. The molecular formula is C44H55N7O7S. The topological polar surface area (TPSA) is 188 Å². The van der Waals surface area contributed by atoms with Crippen LogP contribution in [0.15, 0.2) is 66.4 Å². The number of rotatable bonds is 18. The van der Waals surface area contributed by atoms with Crippen molar-refractivity contribution in [3.63, 3.8) is 0 Å². The molecule has 1 aliphatic rings. The summed E-state index contributed by atoms with van der Waals surface area (Å²) in [7, 11) is 0. The van der Waals surface area contributed by atoms with Gasteiger partial charge in [-0.15, -0.1) is 11.3 Å². The molecule has 2 aromatic carbocycles. The molecule has 4 heterocycles. The molecule has 1 aliphatic heterocycles. The molecule has 314 valence electrons. The number of aliphatic hydroxyl groups excluding tert-OH is 1. The van der Waals surface area contributed by atoms with E-state index in [1.165, 1.54) is 4.90 Å². The fourth-order valence-electron chi connectivity index (χ4n) is 7.29. The van der Waals surface area contributed by atoms with E-state index < -0.39 is 29.5 Å². The third-order valence-corrected chi connectivity index (χ3v) is 11.6. The van der Waals surface area contributed by atoms with Crippen molar-refractivity contribution in [1.82, 2.24) is 35.8 Å². The average Bonchev–Trinajstić information content (AvgIpc) is 3.93. The van der Waals surface area contributed by atoms with Crippen molar-refractivity contribution in [2.24, 2.45) is 5.41 Å². The number of H-pyrrole nitrogens is 1. The molecule has 2 unspecified atom stereocenters. The molecule has 1 fully saturated rings. The zero-order valence-corrected chi connectivity index (χ0v) is 35.2. The normalized spacial score (nSPS) is 16.6. The lowest BCUT2D eigenvalue weighted by Crippen LogP contribution is -2.58. The number of aliphatic hydroxyl groups is 1. The second-order valence-corrected chi connectivity index (χ2v) is 17.0. The van der Waals surface area contributed by atoms with Crippen LogP contribution in [0.3, 0.4) is 0 Å². The van der Waals surface area contributed by atoms with Gasteiger partial charge in [-0.1, -0.05) is 57.2 Å². The van der Waals surface area contributed by atoms with Crippen LogP contribution in [0.4, 0.5) is 0 Å². The molecule has 0 radical (unpaired) electrons. The third-order valence-electron chi connectivity index (χ3n) is 10.6. The van der Waals surface area contributed by atoms with E-state index in [1.54, 1.807) is 17.5 Å². The molecule has 0 saturated carbocycles. The van der Waals surface area contributed by atoms with E-state index in [1.807, 2.05) is 82.7 Å². The number of hydrogen-bond acceptors (Lipinski definition) is 10. The quantitative estimate of drug-likeness (QED) is 0.0759. The minimum absolute atomic E-state index is 0.00904. The molecule has 0 bridgehead atoms. The van der Waals surface area contributed by atoms with Gasteiger partial charge in [-0.2, -0.15) is 0 Å². The third kappa shape index (κ3) is 11.3. The summed E-state index contributed by atoms with van der Waals surface area (Å²) in [5.74, 6) is -1.22. The molecule has 1 saturated heterocycles. The van der Waals surface area contributed by atoms with Crippen LogP contribution in [0.1, 0.15) is 69.8 Å². The van der Waals surface area contributed by atoms with Crippen molar-refractivity contribution < 1.29 is 33.8 Å². The first-order valence-electron chi connectivity index (χ1n) is 20.1. The molecule has 3 aromatic heterocycles. The van der Waals surface area contributed by atoms with E-state index in [0.717, 1.165) is 49.1 Å². The fourth-order valence-corrected chi connectivity index (χ4v) is 8.10. The van der Waals surface area contributed by atoms with Crippen LogP contribution in [0.5, 0.6) is 0 Å². The van der Waals surface area contributed by atoms with Gasteiger partial charge < -0.3 is 40.4 Å². The molecular weight excluding hydrogens is 771 g/mol. The summed E-state index contributed by atoms with van der Waals surface area (Å²) in [5.41, 5.74) is 7.18. The second kappa shape index (κ2) is 19.7. The summed E-state index contributed by atoms with van der Waals surface area (Å²) in [5, 5.41) is 21.5. The number of thiazole rings is 1. The first kappa shape index (κ1) is 43.4. The number of pyridine rings is 1. The monoisotopic (exact) mass is 825 g/mol. The largest absolute Gasteiger partial charge is 0.391 e. The maximum absolute atomic E-state index is 14.0. The Morgan fingerprint density at radius 2 is 1.71 bits per heavy atom. The van der Waals surface area contributed by atoms with Crippen LogP contribution in [-0.4, -0.2) is 106 Å². The number of carbonyl (C=O) groups excluding carboxylic acids is 4. The van der Waals surface area contributed by atoms with Gasteiger partial charge in [0.05, 0.1) is 54.7 Å². The first-order chi connectivity index (χ1) is 28.3. The van der Waals surface area contributed by atoms with E-state index >= 15 is 0 Å². The van der Waals surface area contributed by atoms with E-state index in [9.17, 15) is 24.3 Å². The Labute approximate surface area is 348 Å². The van der Waals surface area contributed by atoms with E-state index in [2.05, 4.69) is 43.0 Å². The Morgan fingerprint density at radius 1 is 0.949 bits per heavy atom. The minimum Gasteiger partial charge on any atom is -0.391 e. The molecule has 59 heavy (non-hydrogen) atoms. The standard InChI is InChI=1S/C44H55N7O7S/c1-27(30-8-10-31(11-9-30)40-28(2)47-26-59-40)48-42(55)37-23-32(52)25-51(37)43(56)41(44(3,4)5)50-39(54)15-18-57-20-21-58-19-17-46-38(53)13-7-29-6-12-33-34-24-45-16-14-35(34)49-36(33)22-29/h6,8-12,14,16,22,24,26-27,32,37,41,49,52H,7,13,15,17-21,23,25H2,1-5H3,(H,46,53)(H,48,55)(H,50,54)/t27?,32-,37+,41?/m1/s1. The number of aromatic nitrogens is 3. The zero-order chi connectivity index (χ0) is 42.1. The maximum atomic E-state index is 14.0. The van der Waals surface area contributed by atoms with Crippen molar-refractivity contribution in [2.45, 2.75) is 84.5 Å².